The van der Waals surface area contributed by atoms with Crippen molar-refractivity contribution in [3.63, 3.8) is 0 Å². The van der Waals surface area contributed by atoms with Gasteiger partial charge in [0.25, 0.3) is 0 Å². The summed E-state index contributed by atoms with van der Waals surface area (Å²) in [6.45, 7) is 0.571. The van der Waals surface area contributed by atoms with E-state index in [0.717, 1.165) is 12.0 Å². The van der Waals surface area contributed by atoms with Crippen LogP contribution in [0.25, 0.3) is 0 Å². The lowest BCUT2D eigenvalue weighted by Crippen LogP contribution is -2.24. The maximum atomic E-state index is 11.5. The van der Waals surface area contributed by atoms with Crippen LogP contribution in [0.4, 0.5) is 0 Å². The molecule has 0 radical (unpaired) electrons. The molecule has 0 atom stereocenters. The lowest BCUT2D eigenvalue weighted by molar-refractivity contribution is -0.121. The van der Waals surface area contributed by atoms with Crippen LogP contribution in [0.5, 0.6) is 5.75 Å². The predicted molar refractivity (Wildman–Crippen MR) is 72.5 cm³/mol. The Balaban J connectivity index is 2.11. The van der Waals surface area contributed by atoms with E-state index in [0.29, 0.717) is 32.2 Å². The predicted octanol–water partition coefficient (Wildman–Crippen LogP) is 1.10. The minimum Gasteiger partial charge on any atom is -0.508 e. The standard InChI is InChI=1S/C14H20N2O3/c15-13(18)3-1-2-10-16-14(19)9-6-11-4-7-12(17)8-5-11/h4-5,7-8,17H,1-3,6,9-10H2,(H2,15,18)(H,16,19). The highest BCUT2D eigenvalue weighted by Gasteiger charge is 2.02. The fourth-order valence-electron chi connectivity index (χ4n) is 1.66. The summed E-state index contributed by atoms with van der Waals surface area (Å²) >= 11 is 0. The fourth-order valence-corrected chi connectivity index (χ4v) is 1.66. The monoisotopic (exact) mass is 264 g/mol. The van der Waals surface area contributed by atoms with Gasteiger partial charge in [-0.1, -0.05) is 12.1 Å². The summed E-state index contributed by atoms with van der Waals surface area (Å²) in [5.74, 6) is -0.0894. The van der Waals surface area contributed by atoms with Crippen molar-refractivity contribution in [2.24, 2.45) is 5.73 Å². The van der Waals surface area contributed by atoms with Crippen LogP contribution in [0, 0.1) is 0 Å². The second-order valence-corrected chi connectivity index (χ2v) is 4.44. The summed E-state index contributed by atoms with van der Waals surface area (Å²) in [5.41, 5.74) is 6.03. The molecule has 0 bridgehead atoms. The van der Waals surface area contributed by atoms with Gasteiger partial charge in [-0.05, 0) is 37.0 Å². The molecule has 0 saturated heterocycles. The van der Waals surface area contributed by atoms with Crippen LogP contribution >= 0.6 is 0 Å². The number of hydrogen-bond acceptors (Lipinski definition) is 3. The Bertz CT molecular complexity index is 415. The highest BCUT2D eigenvalue weighted by molar-refractivity contribution is 5.76. The molecule has 0 aromatic heterocycles. The molecule has 0 unspecified atom stereocenters. The number of aryl methyl sites for hydroxylation is 1. The van der Waals surface area contributed by atoms with E-state index in [4.69, 9.17) is 10.8 Å². The summed E-state index contributed by atoms with van der Waals surface area (Å²) < 4.78 is 0. The van der Waals surface area contributed by atoms with Gasteiger partial charge in [0, 0.05) is 19.4 Å². The van der Waals surface area contributed by atoms with E-state index >= 15 is 0 Å². The number of carbonyl (C=O) groups excluding carboxylic acids is 2. The molecule has 1 aromatic carbocycles. The quantitative estimate of drug-likeness (QED) is 0.614. The Morgan fingerprint density at radius 3 is 2.42 bits per heavy atom. The van der Waals surface area contributed by atoms with Crippen molar-refractivity contribution in [3.05, 3.63) is 29.8 Å². The Morgan fingerprint density at radius 2 is 1.79 bits per heavy atom. The van der Waals surface area contributed by atoms with Gasteiger partial charge < -0.3 is 16.2 Å². The number of hydrogen-bond donors (Lipinski definition) is 3. The third-order valence-electron chi connectivity index (χ3n) is 2.75. The van der Waals surface area contributed by atoms with E-state index in [1.165, 1.54) is 0 Å². The average molecular weight is 264 g/mol. The molecule has 4 N–H and O–H groups in total. The number of carbonyl (C=O) groups is 2. The Morgan fingerprint density at radius 1 is 1.11 bits per heavy atom. The number of rotatable bonds is 8. The molecule has 1 rings (SSSR count). The summed E-state index contributed by atoms with van der Waals surface area (Å²) in [6.07, 6.45) is 2.89. The van der Waals surface area contributed by atoms with E-state index in [1.807, 2.05) is 0 Å². The molecule has 0 spiro atoms. The van der Waals surface area contributed by atoms with Gasteiger partial charge in [0.1, 0.15) is 5.75 Å². The largest absolute Gasteiger partial charge is 0.508 e. The molecule has 0 saturated carbocycles. The topological polar surface area (TPSA) is 92.4 Å². The van der Waals surface area contributed by atoms with Gasteiger partial charge in [-0.2, -0.15) is 0 Å². The number of nitrogens with one attached hydrogen (secondary N) is 1. The van der Waals surface area contributed by atoms with Crippen molar-refractivity contribution in [1.82, 2.24) is 5.32 Å². The van der Waals surface area contributed by atoms with E-state index in [-0.39, 0.29) is 17.6 Å². The van der Waals surface area contributed by atoms with Gasteiger partial charge >= 0.3 is 0 Å². The fraction of sp³-hybridized carbons (Fsp3) is 0.429. The Kier molecular flexibility index (Phi) is 6.43. The lowest BCUT2D eigenvalue weighted by atomic mass is 10.1. The highest BCUT2D eigenvalue weighted by Crippen LogP contribution is 2.10. The van der Waals surface area contributed by atoms with Crippen molar-refractivity contribution >= 4 is 11.8 Å². The van der Waals surface area contributed by atoms with Gasteiger partial charge in [0.05, 0.1) is 0 Å². The van der Waals surface area contributed by atoms with Crippen LogP contribution in [0.15, 0.2) is 24.3 Å². The van der Waals surface area contributed by atoms with E-state index in [9.17, 15) is 9.59 Å². The highest BCUT2D eigenvalue weighted by atomic mass is 16.3. The number of phenolic OH excluding ortho intramolecular Hbond substituents is 1. The molecule has 0 aliphatic rings. The number of phenols is 1. The first-order valence-corrected chi connectivity index (χ1v) is 6.41. The molecular formula is C14H20N2O3. The van der Waals surface area contributed by atoms with Crippen molar-refractivity contribution in [3.8, 4) is 5.75 Å². The van der Waals surface area contributed by atoms with Gasteiger partial charge in [0.2, 0.25) is 11.8 Å². The second kappa shape index (κ2) is 8.13. The van der Waals surface area contributed by atoms with Crippen molar-refractivity contribution < 1.29 is 14.7 Å². The Hall–Kier alpha value is -2.04. The SMILES string of the molecule is NC(=O)CCCCNC(=O)CCc1ccc(O)cc1. The van der Waals surface area contributed by atoms with Crippen LogP contribution < -0.4 is 11.1 Å². The smallest absolute Gasteiger partial charge is 0.220 e. The van der Waals surface area contributed by atoms with Crippen molar-refractivity contribution in [1.29, 1.82) is 0 Å². The summed E-state index contributed by atoms with van der Waals surface area (Å²) in [7, 11) is 0. The van der Waals surface area contributed by atoms with Crippen molar-refractivity contribution in [2.75, 3.05) is 6.54 Å². The molecule has 104 valence electrons. The first kappa shape index (κ1) is 15.0. The van der Waals surface area contributed by atoms with Crippen LogP contribution in [0.2, 0.25) is 0 Å². The zero-order valence-corrected chi connectivity index (χ0v) is 10.9. The number of nitrogens with two attached hydrogens (primary N) is 1. The third-order valence-corrected chi connectivity index (χ3v) is 2.75. The van der Waals surface area contributed by atoms with Gasteiger partial charge in [-0.3, -0.25) is 9.59 Å². The molecule has 0 aliphatic carbocycles. The van der Waals surface area contributed by atoms with Gasteiger partial charge in [0.15, 0.2) is 0 Å². The Labute approximate surface area is 112 Å². The number of benzene rings is 1. The number of amides is 2. The lowest BCUT2D eigenvalue weighted by Gasteiger charge is -2.05. The molecule has 0 fully saturated rings. The number of primary amides is 1. The minimum absolute atomic E-state index is 0.00727. The first-order valence-electron chi connectivity index (χ1n) is 6.41. The average Bonchev–Trinajstić information content (AvgIpc) is 2.37. The summed E-state index contributed by atoms with van der Waals surface area (Å²) in [5, 5.41) is 11.9. The zero-order valence-electron chi connectivity index (χ0n) is 10.9. The molecule has 5 nitrogen and oxygen atoms in total. The zero-order chi connectivity index (χ0) is 14.1. The third kappa shape index (κ3) is 7.08. The number of unbranched alkanes of at least 4 members (excludes halogenated alkanes) is 1. The molecule has 1 aromatic rings. The minimum atomic E-state index is -0.307. The molecule has 2 amide bonds. The molecule has 0 heterocycles. The van der Waals surface area contributed by atoms with E-state index in [1.54, 1.807) is 24.3 Å². The molecular weight excluding hydrogens is 244 g/mol. The van der Waals surface area contributed by atoms with Crippen LogP contribution in [0.1, 0.15) is 31.2 Å². The molecule has 19 heavy (non-hydrogen) atoms. The van der Waals surface area contributed by atoms with Crippen LogP contribution in [-0.2, 0) is 16.0 Å². The van der Waals surface area contributed by atoms with Crippen LogP contribution in [0.3, 0.4) is 0 Å². The number of aromatic hydroxyl groups is 1. The second-order valence-electron chi connectivity index (χ2n) is 4.44. The maximum absolute atomic E-state index is 11.5. The van der Waals surface area contributed by atoms with E-state index in [2.05, 4.69) is 5.32 Å². The van der Waals surface area contributed by atoms with E-state index < -0.39 is 0 Å². The normalized spacial score (nSPS) is 10.1. The van der Waals surface area contributed by atoms with Crippen LogP contribution in [-0.4, -0.2) is 23.5 Å². The summed E-state index contributed by atoms with van der Waals surface area (Å²) in [4.78, 5) is 22.0. The van der Waals surface area contributed by atoms with Gasteiger partial charge in [-0.15, -0.1) is 0 Å². The van der Waals surface area contributed by atoms with Crippen molar-refractivity contribution in [2.45, 2.75) is 32.1 Å². The molecule has 0 aliphatic heterocycles. The summed E-state index contributed by atoms with van der Waals surface area (Å²) in [6, 6.07) is 6.82. The maximum Gasteiger partial charge on any atom is 0.220 e. The van der Waals surface area contributed by atoms with Gasteiger partial charge in [-0.25, -0.2) is 0 Å². The molecule has 5 heteroatoms. The first-order chi connectivity index (χ1) is 9.08.